The molecule has 0 saturated carbocycles. The highest BCUT2D eigenvalue weighted by Gasteiger charge is 2.32. The van der Waals surface area contributed by atoms with Crippen molar-refractivity contribution in [2.24, 2.45) is 0 Å². The van der Waals surface area contributed by atoms with Gasteiger partial charge in [0.2, 0.25) is 5.91 Å². The van der Waals surface area contributed by atoms with Crippen molar-refractivity contribution in [1.82, 2.24) is 4.90 Å². The highest BCUT2D eigenvalue weighted by molar-refractivity contribution is 5.77. The normalized spacial score (nSPS) is 20.8. The summed E-state index contributed by atoms with van der Waals surface area (Å²) in [6.45, 7) is 0.943. The topological polar surface area (TPSA) is 38.8 Å². The zero-order valence-electron chi connectivity index (χ0n) is 13.5. The number of benzene rings is 2. The first-order valence-corrected chi connectivity index (χ1v) is 7.90. The van der Waals surface area contributed by atoms with Crippen LogP contribution in [0.4, 0.5) is 4.39 Å². The molecule has 4 nitrogen and oxygen atoms in total. The van der Waals surface area contributed by atoms with Gasteiger partial charge in [-0.3, -0.25) is 4.79 Å². The summed E-state index contributed by atoms with van der Waals surface area (Å²) >= 11 is 0. The van der Waals surface area contributed by atoms with Crippen LogP contribution in [0.15, 0.2) is 54.6 Å². The first-order chi connectivity index (χ1) is 11.7. The van der Waals surface area contributed by atoms with E-state index in [1.165, 1.54) is 19.2 Å². The quantitative estimate of drug-likeness (QED) is 0.865. The largest absolute Gasteiger partial charge is 0.375 e. The Balaban J connectivity index is 1.85. The number of carbonyl (C=O) groups excluding carboxylic acids is 1. The maximum Gasteiger partial charge on any atom is 0.248 e. The lowest BCUT2D eigenvalue weighted by molar-refractivity contribution is -0.150. The first-order valence-electron chi connectivity index (χ1n) is 7.90. The van der Waals surface area contributed by atoms with Crippen LogP contribution >= 0.6 is 0 Å². The van der Waals surface area contributed by atoms with E-state index in [1.807, 2.05) is 30.3 Å². The van der Waals surface area contributed by atoms with Crippen molar-refractivity contribution in [1.29, 1.82) is 0 Å². The van der Waals surface area contributed by atoms with Crippen LogP contribution in [0.5, 0.6) is 0 Å². The molecule has 0 unspecified atom stereocenters. The Labute approximate surface area is 140 Å². The minimum atomic E-state index is -0.301. The summed E-state index contributed by atoms with van der Waals surface area (Å²) < 4.78 is 24.4. The second kappa shape index (κ2) is 7.55. The van der Waals surface area contributed by atoms with Gasteiger partial charge in [0.1, 0.15) is 24.6 Å². The van der Waals surface area contributed by atoms with Gasteiger partial charge in [-0.15, -0.1) is 0 Å². The lowest BCUT2D eigenvalue weighted by atomic mass is 10.0. The Morgan fingerprint density at radius 2 is 1.67 bits per heavy atom. The monoisotopic (exact) mass is 329 g/mol. The van der Waals surface area contributed by atoms with Crippen molar-refractivity contribution in [3.63, 3.8) is 0 Å². The lowest BCUT2D eigenvalue weighted by Crippen LogP contribution is -2.45. The van der Waals surface area contributed by atoms with Gasteiger partial charge in [-0.2, -0.15) is 0 Å². The van der Waals surface area contributed by atoms with E-state index < -0.39 is 0 Å². The molecule has 2 atom stereocenters. The number of rotatable bonds is 4. The number of nitrogens with zero attached hydrogens (tertiary/aromatic N) is 1. The van der Waals surface area contributed by atoms with E-state index in [2.05, 4.69) is 0 Å². The molecule has 0 N–H and O–H groups in total. The van der Waals surface area contributed by atoms with Gasteiger partial charge >= 0.3 is 0 Å². The van der Waals surface area contributed by atoms with Gasteiger partial charge in [-0.05, 0) is 23.3 Å². The zero-order chi connectivity index (χ0) is 16.9. The molecule has 24 heavy (non-hydrogen) atoms. The number of hydrogen-bond donors (Lipinski definition) is 0. The number of carbonyl (C=O) groups is 1. The molecule has 0 spiro atoms. The molecule has 2 aromatic carbocycles. The minimum Gasteiger partial charge on any atom is -0.375 e. The van der Waals surface area contributed by atoms with E-state index in [0.717, 1.165) is 11.1 Å². The van der Waals surface area contributed by atoms with Crippen LogP contribution in [-0.2, 0) is 14.3 Å². The molecule has 1 aliphatic heterocycles. The Morgan fingerprint density at radius 1 is 1.08 bits per heavy atom. The van der Waals surface area contributed by atoms with E-state index in [-0.39, 0.29) is 30.5 Å². The highest BCUT2D eigenvalue weighted by atomic mass is 19.1. The third-order valence-electron chi connectivity index (χ3n) is 4.13. The average molecular weight is 329 g/mol. The molecule has 0 aromatic heterocycles. The SMILES string of the molecule is COCC(=O)N1C[C@@H](c2ccccc2)O[C@H](c2ccc(F)cc2)C1. The van der Waals surface area contributed by atoms with Gasteiger partial charge < -0.3 is 14.4 Å². The summed E-state index contributed by atoms with van der Waals surface area (Å²) in [6, 6.07) is 16.0. The third kappa shape index (κ3) is 3.80. The molecule has 126 valence electrons. The molecule has 0 aliphatic carbocycles. The van der Waals surface area contributed by atoms with Gasteiger partial charge in [0, 0.05) is 7.11 Å². The van der Waals surface area contributed by atoms with Crippen molar-refractivity contribution in [3.05, 3.63) is 71.5 Å². The van der Waals surface area contributed by atoms with Gasteiger partial charge in [0.05, 0.1) is 13.1 Å². The van der Waals surface area contributed by atoms with Crippen LogP contribution in [-0.4, -0.2) is 37.6 Å². The van der Waals surface area contributed by atoms with E-state index in [1.54, 1.807) is 17.0 Å². The summed E-state index contributed by atoms with van der Waals surface area (Å²) in [5.41, 5.74) is 1.87. The van der Waals surface area contributed by atoms with Crippen molar-refractivity contribution in [2.45, 2.75) is 12.2 Å². The van der Waals surface area contributed by atoms with Crippen LogP contribution in [0.25, 0.3) is 0 Å². The van der Waals surface area contributed by atoms with Crippen molar-refractivity contribution >= 4 is 5.91 Å². The zero-order valence-corrected chi connectivity index (χ0v) is 13.5. The van der Waals surface area contributed by atoms with Gasteiger partial charge in [-0.1, -0.05) is 42.5 Å². The molecule has 0 bridgehead atoms. The van der Waals surface area contributed by atoms with Gasteiger partial charge in [-0.25, -0.2) is 4.39 Å². The van der Waals surface area contributed by atoms with Crippen LogP contribution in [0.3, 0.4) is 0 Å². The average Bonchev–Trinajstić information content (AvgIpc) is 2.63. The van der Waals surface area contributed by atoms with Gasteiger partial charge in [0.25, 0.3) is 0 Å². The number of methoxy groups -OCH3 is 1. The molecular weight excluding hydrogens is 309 g/mol. The van der Waals surface area contributed by atoms with E-state index in [4.69, 9.17) is 9.47 Å². The smallest absolute Gasteiger partial charge is 0.248 e. The van der Waals surface area contributed by atoms with Crippen molar-refractivity contribution in [3.8, 4) is 0 Å². The maximum absolute atomic E-state index is 13.2. The maximum atomic E-state index is 13.2. The first kappa shape index (κ1) is 16.6. The van der Waals surface area contributed by atoms with Crippen molar-refractivity contribution in [2.75, 3.05) is 26.8 Å². The number of halogens is 1. The summed E-state index contributed by atoms with van der Waals surface area (Å²) in [4.78, 5) is 14.0. The molecule has 2 aromatic rings. The Bertz CT molecular complexity index is 675. The lowest BCUT2D eigenvalue weighted by Gasteiger charge is -2.38. The molecule has 5 heteroatoms. The molecule has 1 aliphatic rings. The third-order valence-corrected chi connectivity index (χ3v) is 4.13. The minimum absolute atomic E-state index is 0.0393. The number of hydrogen-bond acceptors (Lipinski definition) is 3. The highest BCUT2D eigenvalue weighted by Crippen LogP contribution is 2.33. The number of ether oxygens (including phenoxy) is 2. The molecule has 1 saturated heterocycles. The Morgan fingerprint density at radius 3 is 2.25 bits per heavy atom. The fourth-order valence-corrected chi connectivity index (χ4v) is 2.89. The molecule has 0 radical (unpaired) electrons. The number of morpholine rings is 1. The summed E-state index contributed by atoms with van der Waals surface area (Å²) in [6.07, 6.45) is -0.527. The molecule has 3 rings (SSSR count). The second-order valence-corrected chi connectivity index (χ2v) is 5.81. The van der Waals surface area contributed by atoms with E-state index in [9.17, 15) is 9.18 Å². The predicted molar refractivity (Wildman–Crippen MR) is 87.9 cm³/mol. The standard InChI is InChI=1S/C19H20FNO3/c1-23-13-19(22)21-11-17(14-5-3-2-4-6-14)24-18(12-21)15-7-9-16(20)10-8-15/h2-10,17-18H,11-13H2,1H3/t17-,18-/m0/s1. The second-order valence-electron chi connectivity index (χ2n) is 5.81. The summed E-state index contributed by atoms with van der Waals surface area (Å²) in [7, 11) is 1.50. The molecular formula is C19H20FNO3. The molecule has 1 heterocycles. The van der Waals surface area contributed by atoms with Crippen LogP contribution in [0.1, 0.15) is 23.3 Å². The van der Waals surface area contributed by atoms with Crippen LogP contribution in [0, 0.1) is 5.82 Å². The Kier molecular flexibility index (Phi) is 5.23. The van der Waals surface area contributed by atoms with Crippen LogP contribution in [0.2, 0.25) is 0 Å². The fraction of sp³-hybridized carbons (Fsp3) is 0.316. The summed E-state index contributed by atoms with van der Waals surface area (Å²) in [5.74, 6) is -0.365. The van der Waals surface area contributed by atoms with E-state index in [0.29, 0.717) is 13.1 Å². The fourth-order valence-electron chi connectivity index (χ4n) is 2.89. The Hall–Kier alpha value is -2.24. The van der Waals surface area contributed by atoms with Crippen molar-refractivity contribution < 1.29 is 18.7 Å². The molecule has 1 amide bonds. The summed E-state index contributed by atoms with van der Waals surface area (Å²) in [5, 5.41) is 0. The predicted octanol–water partition coefficient (Wildman–Crippen LogP) is 3.11. The number of amides is 1. The van der Waals surface area contributed by atoms with Crippen LogP contribution < -0.4 is 0 Å². The molecule has 1 fully saturated rings. The van der Waals surface area contributed by atoms with Gasteiger partial charge in [0.15, 0.2) is 0 Å². The van der Waals surface area contributed by atoms with E-state index >= 15 is 0 Å².